The number of nitrogens with zero attached hydrogens (tertiary/aromatic N) is 2. The summed E-state index contributed by atoms with van der Waals surface area (Å²) in [6, 6.07) is 10.3. The number of carbonyl (C=O) groups excluding carboxylic acids is 1. The summed E-state index contributed by atoms with van der Waals surface area (Å²) in [4.78, 5) is 19.6. The maximum absolute atomic E-state index is 12.7. The van der Waals surface area contributed by atoms with Crippen molar-refractivity contribution in [3.63, 3.8) is 0 Å². The van der Waals surface area contributed by atoms with E-state index in [1.165, 1.54) is 19.4 Å². The number of piperidine rings is 3. The van der Waals surface area contributed by atoms with E-state index in [4.69, 9.17) is 0 Å². The first-order chi connectivity index (χ1) is 11.3. The largest absolute Gasteiger partial charge is 0.347 e. The normalized spacial score (nSPS) is 33.2. The molecular weight excluding hydrogens is 322 g/mol. The van der Waals surface area contributed by atoms with Crippen LogP contribution in [0.15, 0.2) is 36.5 Å². The quantitative estimate of drug-likeness (QED) is 0.912. The van der Waals surface area contributed by atoms with Gasteiger partial charge in [-0.2, -0.15) is 0 Å². The number of carbonyl (C=O) groups is 1. The van der Waals surface area contributed by atoms with Gasteiger partial charge in [-0.05, 0) is 42.0 Å². The molecule has 0 spiro atoms. The summed E-state index contributed by atoms with van der Waals surface area (Å²) in [6.07, 6.45) is 4.36. The number of halogens is 1. The molecule has 0 radical (unpaired) electrons. The van der Waals surface area contributed by atoms with Crippen LogP contribution in [0.25, 0.3) is 10.8 Å². The summed E-state index contributed by atoms with van der Waals surface area (Å²) in [7, 11) is 0. The first kappa shape index (κ1) is 15.9. The molecule has 3 aliphatic heterocycles. The third-order valence-corrected chi connectivity index (χ3v) is 5.95. The van der Waals surface area contributed by atoms with E-state index in [0.29, 0.717) is 23.6 Å². The molecule has 1 N–H and O–H groups in total. The lowest BCUT2D eigenvalue weighted by atomic mass is 9.65. The molecule has 4 heterocycles. The molecule has 4 aliphatic rings. The molecule has 1 saturated carbocycles. The Balaban J connectivity index is 0.00000146. The summed E-state index contributed by atoms with van der Waals surface area (Å²) in [6.45, 7) is 3.59. The fourth-order valence-electron chi connectivity index (χ4n) is 5.08. The van der Waals surface area contributed by atoms with Crippen molar-refractivity contribution in [1.82, 2.24) is 15.2 Å². The number of hydrogen-bond donors (Lipinski definition) is 1. The van der Waals surface area contributed by atoms with Gasteiger partial charge in [0, 0.05) is 37.3 Å². The Morgan fingerprint density at radius 3 is 2.50 bits per heavy atom. The minimum Gasteiger partial charge on any atom is -0.347 e. The fourth-order valence-corrected chi connectivity index (χ4v) is 5.08. The van der Waals surface area contributed by atoms with E-state index < -0.39 is 0 Å². The third kappa shape index (κ3) is 2.58. The van der Waals surface area contributed by atoms with E-state index in [0.717, 1.165) is 29.8 Å². The summed E-state index contributed by atoms with van der Waals surface area (Å²) >= 11 is 0. The molecule has 2 unspecified atom stereocenters. The molecular formula is C19H22ClN3O. The molecule has 2 aromatic rings. The van der Waals surface area contributed by atoms with E-state index >= 15 is 0 Å². The zero-order valence-electron chi connectivity index (χ0n) is 13.5. The molecule has 3 saturated heterocycles. The highest BCUT2D eigenvalue weighted by molar-refractivity contribution is 5.96. The van der Waals surface area contributed by atoms with Gasteiger partial charge in [0.15, 0.2) is 0 Å². The Morgan fingerprint density at radius 2 is 1.79 bits per heavy atom. The molecule has 1 aliphatic carbocycles. The Hall–Kier alpha value is -1.65. The highest BCUT2D eigenvalue weighted by atomic mass is 35.5. The maximum atomic E-state index is 12.7. The Kier molecular flexibility index (Phi) is 3.97. The molecule has 6 rings (SSSR count). The molecule has 1 aromatic heterocycles. The number of pyridine rings is 1. The van der Waals surface area contributed by atoms with Gasteiger partial charge in [-0.1, -0.05) is 24.3 Å². The van der Waals surface area contributed by atoms with Gasteiger partial charge >= 0.3 is 0 Å². The van der Waals surface area contributed by atoms with Crippen molar-refractivity contribution in [3.05, 3.63) is 42.2 Å². The Labute approximate surface area is 148 Å². The number of fused-ring (bicyclic) bond motifs is 1. The van der Waals surface area contributed by atoms with Gasteiger partial charge in [-0.15, -0.1) is 12.4 Å². The van der Waals surface area contributed by atoms with Crippen molar-refractivity contribution in [1.29, 1.82) is 0 Å². The molecule has 126 valence electrons. The zero-order chi connectivity index (χ0) is 15.4. The standard InChI is InChI=1S/C19H21N3O.ClH/c23-19(17-7-13-3-1-2-4-14(13)8-20-17)21-18-15-5-12-6-16(18)11-22(9-12)10-15;/h1-4,7-8,12,15-16,18H,5-6,9-11H2,(H,21,23);1H. The average Bonchev–Trinajstić information content (AvgIpc) is 2.57. The predicted molar refractivity (Wildman–Crippen MR) is 96.4 cm³/mol. The number of benzene rings is 1. The molecule has 4 nitrogen and oxygen atoms in total. The van der Waals surface area contributed by atoms with Gasteiger partial charge in [0.1, 0.15) is 5.69 Å². The van der Waals surface area contributed by atoms with Gasteiger partial charge in [0.25, 0.3) is 5.91 Å². The Morgan fingerprint density at radius 1 is 1.08 bits per heavy atom. The molecule has 1 aromatic carbocycles. The average molecular weight is 344 g/mol. The van der Waals surface area contributed by atoms with E-state index in [-0.39, 0.29) is 18.3 Å². The van der Waals surface area contributed by atoms with Gasteiger partial charge in [0.05, 0.1) is 0 Å². The van der Waals surface area contributed by atoms with Crippen molar-refractivity contribution in [2.75, 3.05) is 19.6 Å². The van der Waals surface area contributed by atoms with Crippen LogP contribution in [0.1, 0.15) is 23.3 Å². The summed E-state index contributed by atoms with van der Waals surface area (Å²) in [5.41, 5.74) is 0.540. The summed E-state index contributed by atoms with van der Waals surface area (Å²) in [5, 5.41) is 5.46. The number of amides is 1. The third-order valence-electron chi connectivity index (χ3n) is 5.95. The summed E-state index contributed by atoms with van der Waals surface area (Å²) in [5.74, 6) is 2.11. The number of rotatable bonds is 2. The second-order valence-electron chi connectivity index (χ2n) is 7.49. The molecule has 4 fully saturated rings. The van der Waals surface area contributed by atoms with Crippen LogP contribution in [-0.2, 0) is 0 Å². The lowest BCUT2D eigenvalue weighted by Gasteiger charge is -2.55. The van der Waals surface area contributed by atoms with E-state index in [9.17, 15) is 4.79 Å². The molecule has 5 heteroatoms. The van der Waals surface area contributed by atoms with Crippen molar-refractivity contribution < 1.29 is 4.79 Å². The summed E-state index contributed by atoms with van der Waals surface area (Å²) < 4.78 is 0. The lowest BCUT2D eigenvalue weighted by Crippen LogP contribution is -2.64. The Bertz CT molecular complexity index is 750. The topological polar surface area (TPSA) is 45.2 Å². The van der Waals surface area contributed by atoms with Gasteiger partial charge in [-0.3, -0.25) is 9.78 Å². The van der Waals surface area contributed by atoms with Crippen LogP contribution in [-0.4, -0.2) is 41.5 Å². The maximum Gasteiger partial charge on any atom is 0.270 e. The van der Waals surface area contributed by atoms with Crippen molar-refractivity contribution in [2.45, 2.75) is 18.9 Å². The molecule has 4 bridgehead atoms. The van der Waals surface area contributed by atoms with Crippen LogP contribution >= 0.6 is 12.4 Å². The van der Waals surface area contributed by atoms with Crippen LogP contribution in [0.5, 0.6) is 0 Å². The monoisotopic (exact) mass is 343 g/mol. The van der Waals surface area contributed by atoms with Crippen molar-refractivity contribution in [2.24, 2.45) is 17.8 Å². The second kappa shape index (κ2) is 6.01. The molecule has 2 atom stereocenters. The fraction of sp³-hybridized carbons (Fsp3) is 0.474. The van der Waals surface area contributed by atoms with Crippen LogP contribution in [0.4, 0.5) is 0 Å². The van der Waals surface area contributed by atoms with Gasteiger partial charge in [-0.25, -0.2) is 0 Å². The van der Waals surface area contributed by atoms with Gasteiger partial charge in [0.2, 0.25) is 0 Å². The number of aromatic nitrogens is 1. The first-order valence-corrected chi connectivity index (χ1v) is 8.64. The zero-order valence-corrected chi connectivity index (χ0v) is 14.3. The molecule has 24 heavy (non-hydrogen) atoms. The van der Waals surface area contributed by atoms with E-state index in [2.05, 4.69) is 15.2 Å². The highest BCUT2D eigenvalue weighted by Crippen LogP contribution is 2.43. The van der Waals surface area contributed by atoms with E-state index in [1.54, 1.807) is 6.20 Å². The van der Waals surface area contributed by atoms with Crippen LogP contribution in [0.2, 0.25) is 0 Å². The van der Waals surface area contributed by atoms with Crippen molar-refractivity contribution in [3.8, 4) is 0 Å². The van der Waals surface area contributed by atoms with Crippen LogP contribution in [0, 0.1) is 17.8 Å². The number of nitrogens with one attached hydrogen (secondary N) is 1. The highest BCUT2D eigenvalue weighted by Gasteiger charge is 2.47. The minimum atomic E-state index is -0.0109. The minimum absolute atomic E-state index is 0. The van der Waals surface area contributed by atoms with Crippen molar-refractivity contribution >= 4 is 29.1 Å². The smallest absolute Gasteiger partial charge is 0.270 e. The van der Waals surface area contributed by atoms with Gasteiger partial charge < -0.3 is 10.2 Å². The SMILES string of the molecule is Cl.O=C(NC1C2CC3CC1CN(C3)C2)c1cc2ccccc2cn1. The first-order valence-electron chi connectivity index (χ1n) is 8.64. The molecule has 1 amide bonds. The second-order valence-corrected chi connectivity index (χ2v) is 7.49. The van der Waals surface area contributed by atoms with E-state index in [1.807, 2.05) is 30.3 Å². The van der Waals surface area contributed by atoms with Crippen LogP contribution in [0.3, 0.4) is 0 Å². The lowest BCUT2D eigenvalue weighted by molar-refractivity contribution is -0.0419. The number of hydrogen-bond acceptors (Lipinski definition) is 3. The van der Waals surface area contributed by atoms with Crippen LogP contribution < -0.4 is 5.32 Å². The predicted octanol–water partition coefficient (Wildman–Crippen LogP) is 2.73.